The summed E-state index contributed by atoms with van der Waals surface area (Å²) in [5.41, 5.74) is 1.14. The van der Waals surface area contributed by atoms with Gasteiger partial charge in [-0.25, -0.2) is 0 Å². The average molecular weight is 264 g/mol. The van der Waals surface area contributed by atoms with Crippen molar-refractivity contribution >= 4 is 33.3 Å². The van der Waals surface area contributed by atoms with E-state index in [9.17, 15) is 9.90 Å². The maximum atomic E-state index is 11.2. The zero-order valence-corrected chi connectivity index (χ0v) is 9.32. The molecule has 1 N–H and O–H groups in total. The van der Waals surface area contributed by atoms with E-state index in [1.54, 1.807) is 19.1 Å². The quantitative estimate of drug-likeness (QED) is 0.658. The van der Waals surface area contributed by atoms with Crippen molar-refractivity contribution in [3.63, 3.8) is 0 Å². The number of benzene rings is 1. The number of phenolic OH excluding ortho intramolecular Hbond substituents is 1. The van der Waals surface area contributed by atoms with Crippen molar-refractivity contribution in [2.24, 2.45) is 0 Å². The summed E-state index contributed by atoms with van der Waals surface area (Å²) in [6.07, 6.45) is 0. The van der Waals surface area contributed by atoms with Gasteiger partial charge in [-0.05, 0) is 34.5 Å². The Morgan fingerprint density at radius 2 is 2.23 bits per heavy atom. The zero-order chi connectivity index (χ0) is 10.0. The minimum absolute atomic E-state index is 0.0822. The molecule has 0 atom stereocenters. The second-order valence-electron chi connectivity index (χ2n) is 2.65. The number of carbonyl (C=O) groups is 1. The van der Waals surface area contributed by atoms with Crippen LogP contribution in [-0.2, 0) is 0 Å². The van der Waals surface area contributed by atoms with Crippen molar-refractivity contribution in [2.45, 2.75) is 6.92 Å². The van der Waals surface area contributed by atoms with Gasteiger partial charge in [-0.15, -0.1) is 11.6 Å². The molecular formula is C9H8BrClO2. The Kier molecular flexibility index (Phi) is 3.33. The highest BCUT2D eigenvalue weighted by atomic mass is 79.9. The van der Waals surface area contributed by atoms with E-state index in [-0.39, 0.29) is 17.4 Å². The van der Waals surface area contributed by atoms with Crippen LogP contribution in [-0.4, -0.2) is 16.8 Å². The van der Waals surface area contributed by atoms with Crippen molar-refractivity contribution < 1.29 is 9.90 Å². The maximum absolute atomic E-state index is 11.2. The molecule has 0 saturated heterocycles. The fourth-order valence-corrected chi connectivity index (χ4v) is 1.76. The van der Waals surface area contributed by atoms with E-state index >= 15 is 0 Å². The Labute approximate surface area is 89.7 Å². The summed E-state index contributed by atoms with van der Waals surface area (Å²) in [4.78, 5) is 11.2. The smallest absolute Gasteiger partial charge is 0.178 e. The fraction of sp³-hybridized carbons (Fsp3) is 0.222. The van der Waals surface area contributed by atoms with Gasteiger partial charge in [0.2, 0.25) is 0 Å². The van der Waals surface area contributed by atoms with E-state index in [2.05, 4.69) is 15.9 Å². The number of aromatic hydroxyl groups is 1. The molecule has 0 fully saturated rings. The lowest BCUT2D eigenvalue weighted by Crippen LogP contribution is -2.01. The monoisotopic (exact) mass is 262 g/mol. The van der Waals surface area contributed by atoms with Crippen LogP contribution in [0.25, 0.3) is 0 Å². The maximum Gasteiger partial charge on any atom is 0.178 e. The molecule has 0 aliphatic rings. The molecule has 0 radical (unpaired) electrons. The van der Waals surface area contributed by atoms with Crippen molar-refractivity contribution in [3.8, 4) is 5.75 Å². The number of ketones is 1. The minimum atomic E-state index is -0.205. The van der Waals surface area contributed by atoms with Crippen LogP contribution < -0.4 is 0 Å². The first-order valence-electron chi connectivity index (χ1n) is 3.65. The van der Waals surface area contributed by atoms with E-state index in [0.717, 1.165) is 5.56 Å². The highest BCUT2D eigenvalue weighted by molar-refractivity contribution is 9.10. The van der Waals surface area contributed by atoms with E-state index in [4.69, 9.17) is 11.6 Å². The van der Waals surface area contributed by atoms with E-state index in [1.165, 1.54) is 0 Å². The molecule has 70 valence electrons. The number of phenols is 1. The lowest BCUT2D eigenvalue weighted by atomic mass is 10.1. The topological polar surface area (TPSA) is 37.3 Å². The summed E-state index contributed by atoms with van der Waals surface area (Å²) in [6, 6.07) is 3.32. The number of carbonyl (C=O) groups excluding carboxylic acids is 1. The number of halogens is 2. The molecule has 13 heavy (non-hydrogen) atoms. The van der Waals surface area contributed by atoms with Crippen LogP contribution in [0.3, 0.4) is 0 Å². The molecule has 1 rings (SSSR count). The third-order valence-electron chi connectivity index (χ3n) is 1.74. The third-order valence-corrected chi connectivity index (χ3v) is 2.79. The predicted molar refractivity (Wildman–Crippen MR) is 55.6 cm³/mol. The average Bonchev–Trinajstić information content (AvgIpc) is 2.13. The standard InChI is InChI=1S/C9H8BrClO2/c1-5-2-3-6(7(12)4-11)8(10)9(5)13/h2-3,13H,4H2,1H3. The van der Waals surface area contributed by atoms with Crippen molar-refractivity contribution in [1.29, 1.82) is 0 Å². The molecule has 1 aromatic rings. The molecule has 0 aliphatic carbocycles. The SMILES string of the molecule is Cc1ccc(C(=O)CCl)c(Br)c1O. The number of rotatable bonds is 2. The van der Waals surface area contributed by atoms with Crippen molar-refractivity contribution in [2.75, 3.05) is 5.88 Å². The number of aryl methyl sites for hydroxylation is 1. The molecule has 0 bridgehead atoms. The van der Waals surface area contributed by atoms with Crippen LogP contribution in [0.5, 0.6) is 5.75 Å². The van der Waals surface area contributed by atoms with Crippen LogP contribution in [0.4, 0.5) is 0 Å². The first kappa shape index (κ1) is 10.5. The molecule has 0 aliphatic heterocycles. The Balaban J connectivity index is 3.26. The van der Waals surface area contributed by atoms with Gasteiger partial charge in [0.15, 0.2) is 5.78 Å². The molecule has 1 aromatic carbocycles. The van der Waals surface area contributed by atoms with Gasteiger partial charge in [0.1, 0.15) is 5.75 Å². The lowest BCUT2D eigenvalue weighted by Gasteiger charge is -2.05. The second-order valence-corrected chi connectivity index (χ2v) is 3.71. The Hall–Kier alpha value is -0.540. The van der Waals surface area contributed by atoms with E-state index < -0.39 is 0 Å². The van der Waals surface area contributed by atoms with Crippen LogP contribution in [0.2, 0.25) is 0 Å². The molecule has 0 unspecified atom stereocenters. The number of Topliss-reactive ketones (excluding diaryl/α,β-unsaturated/α-hetero) is 1. The number of hydrogen-bond donors (Lipinski definition) is 1. The first-order valence-corrected chi connectivity index (χ1v) is 4.98. The normalized spacial score (nSPS) is 10.1. The number of alkyl halides is 1. The zero-order valence-electron chi connectivity index (χ0n) is 6.97. The van der Waals surface area contributed by atoms with Crippen LogP contribution in [0.1, 0.15) is 15.9 Å². The summed E-state index contributed by atoms with van der Waals surface area (Å²) in [7, 11) is 0. The Morgan fingerprint density at radius 1 is 1.62 bits per heavy atom. The summed E-state index contributed by atoms with van der Waals surface area (Å²) in [5, 5.41) is 9.49. The predicted octanol–water partition coefficient (Wildman–Crippen LogP) is 2.88. The van der Waals surface area contributed by atoms with Crippen LogP contribution in [0.15, 0.2) is 16.6 Å². The first-order chi connectivity index (χ1) is 6.07. The van der Waals surface area contributed by atoms with Gasteiger partial charge in [-0.2, -0.15) is 0 Å². The molecule has 4 heteroatoms. The van der Waals surface area contributed by atoms with Gasteiger partial charge in [-0.1, -0.05) is 6.07 Å². The Bertz CT molecular complexity index is 350. The summed E-state index contributed by atoms with van der Waals surface area (Å²) in [5.74, 6) is -0.194. The number of hydrogen-bond acceptors (Lipinski definition) is 2. The highest BCUT2D eigenvalue weighted by Crippen LogP contribution is 2.31. The van der Waals surface area contributed by atoms with Gasteiger partial charge >= 0.3 is 0 Å². The van der Waals surface area contributed by atoms with Gasteiger partial charge in [0.05, 0.1) is 10.4 Å². The minimum Gasteiger partial charge on any atom is -0.506 e. The summed E-state index contributed by atoms with van der Waals surface area (Å²) >= 11 is 8.54. The molecule has 0 saturated carbocycles. The lowest BCUT2D eigenvalue weighted by molar-refractivity contribution is 0.102. The molecule has 0 spiro atoms. The van der Waals surface area contributed by atoms with Crippen molar-refractivity contribution in [1.82, 2.24) is 0 Å². The molecular weight excluding hydrogens is 255 g/mol. The summed E-state index contributed by atoms with van der Waals surface area (Å²) in [6.45, 7) is 1.76. The molecule has 0 aromatic heterocycles. The fourth-order valence-electron chi connectivity index (χ4n) is 0.948. The van der Waals surface area contributed by atoms with E-state index in [0.29, 0.717) is 10.0 Å². The molecule has 0 amide bonds. The van der Waals surface area contributed by atoms with Crippen LogP contribution >= 0.6 is 27.5 Å². The highest BCUT2D eigenvalue weighted by Gasteiger charge is 2.13. The second kappa shape index (κ2) is 4.11. The summed E-state index contributed by atoms with van der Waals surface area (Å²) < 4.78 is 0.415. The molecule has 0 heterocycles. The van der Waals surface area contributed by atoms with Gasteiger partial charge in [0, 0.05) is 5.56 Å². The molecule has 2 nitrogen and oxygen atoms in total. The van der Waals surface area contributed by atoms with Gasteiger partial charge < -0.3 is 5.11 Å². The Morgan fingerprint density at radius 3 is 2.77 bits per heavy atom. The largest absolute Gasteiger partial charge is 0.506 e. The van der Waals surface area contributed by atoms with Crippen molar-refractivity contribution in [3.05, 3.63) is 27.7 Å². The third kappa shape index (κ3) is 2.03. The van der Waals surface area contributed by atoms with Gasteiger partial charge in [-0.3, -0.25) is 4.79 Å². The van der Waals surface area contributed by atoms with E-state index in [1.807, 2.05) is 0 Å². The van der Waals surface area contributed by atoms with Gasteiger partial charge in [0.25, 0.3) is 0 Å². The van der Waals surface area contributed by atoms with Crippen LogP contribution in [0, 0.1) is 6.92 Å².